The third-order valence-corrected chi connectivity index (χ3v) is 0.443. The number of halogens is 1. The van der Waals surface area contributed by atoms with Gasteiger partial charge in [-0.15, -0.1) is 0 Å². The van der Waals surface area contributed by atoms with Crippen LogP contribution in [0.1, 0.15) is 0 Å². The van der Waals surface area contributed by atoms with Crippen molar-refractivity contribution in [3.8, 4) is 0 Å². The molecular weight excluding hydrogens is 113 g/mol. The predicted octanol–water partition coefficient (Wildman–Crippen LogP) is 0.757. The molecule has 4 N–H and O–H groups in total. The van der Waals surface area contributed by atoms with Crippen molar-refractivity contribution in [2.24, 2.45) is 0 Å². The van der Waals surface area contributed by atoms with Gasteiger partial charge in [0, 0.05) is 0 Å². The van der Waals surface area contributed by atoms with Gasteiger partial charge in [0.1, 0.15) is 0 Å². The second kappa shape index (κ2) is 4.26. The second-order valence-electron chi connectivity index (χ2n) is 0.976. The monoisotopic (exact) mass is 121 g/mol. The van der Waals surface area contributed by atoms with E-state index in [1.165, 1.54) is 0 Å². The summed E-state index contributed by atoms with van der Waals surface area (Å²) in [5.74, 6) is -1.49. The van der Waals surface area contributed by atoms with Crippen LogP contribution in [0.4, 0.5) is 4.39 Å². The Hall–Kier alpha value is -0.900. The minimum Gasteiger partial charge on any atom is -0.479 e. The zero-order valence-corrected chi connectivity index (χ0v) is 4.30. The van der Waals surface area contributed by atoms with E-state index < -0.39 is 12.1 Å². The summed E-state index contributed by atoms with van der Waals surface area (Å²) in [5, 5.41) is 7.74. The van der Waals surface area contributed by atoms with E-state index in [0.717, 1.165) is 6.08 Å². The number of carbonyl (C=O) groups is 1. The molecule has 0 aliphatic carbocycles. The quantitative estimate of drug-likeness (QED) is 0.529. The van der Waals surface area contributed by atoms with Gasteiger partial charge in [-0.2, -0.15) is 0 Å². The van der Waals surface area contributed by atoms with E-state index in [4.69, 9.17) is 5.11 Å². The average molecular weight is 121 g/mol. The third kappa shape index (κ3) is 3.30. The van der Waals surface area contributed by atoms with Gasteiger partial charge >= 0.3 is 5.97 Å². The highest BCUT2D eigenvalue weighted by Crippen LogP contribution is 1.88. The van der Waals surface area contributed by atoms with Gasteiger partial charge in [0.2, 0.25) is 6.17 Å². The van der Waals surface area contributed by atoms with Gasteiger partial charge in [0.05, 0.1) is 0 Å². The van der Waals surface area contributed by atoms with Gasteiger partial charge in [-0.05, 0) is 6.08 Å². The van der Waals surface area contributed by atoms with Crippen molar-refractivity contribution in [2.45, 2.75) is 6.17 Å². The van der Waals surface area contributed by atoms with Crippen LogP contribution in [0.15, 0.2) is 12.7 Å². The lowest BCUT2D eigenvalue weighted by Gasteiger charge is -1.87. The first-order valence-electron chi connectivity index (χ1n) is 1.68. The summed E-state index contributed by atoms with van der Waals surface area (Å²) in [6, 6.07) is 0. The molecule has 0 aliphatic heterocycles. The molecule has 0 aliphatic rings. The van der Waals surface area contributed by atoms with Crippen molar-refractivity contribution in [3.05, 3.63) is 12.7 Å². The fourth-order valence-electron chi connectivity index (χ4n) is 0.101. The van der Waals surface area contributed by atoms with Crippen LogP contribution in [0.25, 0.3) is 0 Å². The van der Waals surface area contributed by atoms with E-state index in [1.807, 2.05) is 0 Å². The van der Waals surface area contributed by atoms with Gasteiger partial charge in [-0.3, -0.25) is 0 Å². The fourth-order valence-corrected chi connectivity index (χ4v) is 0.101. The fraction of sp³-hybridized carbons (Fsp3) is 0.250. The summed E-state index contributed by atoms with van der Waals surface area (Å²) in [4.78, 5) is 9.48. The van der Waals surface area contributed by atoms with Crippen LogP contribution >= 0.6 is 0 Å². The van der Waals surface area contributed by atoms with Gasteiger partial charge < -0.3 is 11.3 Å². The highest BCUT2D eigenvalue weighted by molar-refractivity contribution is 5.74. The summed E-state index contributed by atoms with van der Waals surface area (Å²) in [6.45, 7) is 2.93. The molecule has 0 bridgehead atoms. The van der Waals surface area contributed by atoms with Crippen LogP contribution in [-0.4, -0.2) is 17.2 Å². The lowest BCUT2D eigenvalue weighted by atomic mass is 10.4. The van der Waals surface area contributed by atoms with Crippen LogP contribution in [0.2, 0.25) is 0 Å². The molecule has 0 saturated carbocycles. The molecule has 0 amide bonds. The molecule has 0 aromatic heterocycles. The Bertz CT molecular complexity index is 94.0. The van der Waals surface area contributed by atoms with Crippen molar-refractivity contribution >= 4 is 5.97 Å². The van der Waals surface area contributed by atoms with Crippen molar-refractivity contribution in [1.29, 1.82) is 0 Å². The third-order valence-electron chi connectivity index (χ3n) is 0.443. The van der Waals surface area contributed by atoms with Gasteiger partial charge in [-0.1, -0.05) is 6.58 Å². The number of alkyl halides is 1. The normalized spacial score (nSPS) is 11.1. The van der Waals surface area contributed by atoms with E-state index in [9.17, 15) is 9.18 Å². The van der Waals surface area contributed by atoms with Crippen LogP contribution in [-0.2, 0) is 4.79 Å². The van der Waals surface area contributed by atoms with Crippen LogP contribution in [0, 0.1) is 0 Å². The van der Waals surface area contributed by atoms with E-state index in [2.05, 4.69) is 6.58 Å². The number of rotatable bonds is 2. The number of aliphatic carboxylic acids is 1. The molecule has 8 heavy (non-hydrogen) atoms. The first-order valence-corrected chi connectivity index (χ1v) is 1.68. The maximum atomic E-state index is 11.5. The molecule has 0 spiro atoms. The summed E-state index contributed by atoms with van der Waals surface area (Å²) in [6.07, 6.45) is -1.19. The molecule has 4 heteroatoms. The predicted molar refractivity (Wildman–Crippen MR) is 27.8 cm³/mol. The summed E-state index contributed by atoms with van der Waals surface area (Å²) >= 11 is 0. The highest BCUT2D eigenvalue weighted by Gasteiger charge is 2.07. The first-order chi connectivity index (χ1) is 3.18. The van der Waals surface area contributed by atoms with Crippen molar-refractivity contribution < 1.29 is 14.3 Å². The SMILES string of the molecule is C=CC(F)C(=O)O.N. The number of carboxylic acid groups (broad SMARTS) is 1. The summed E-state index contributed by atoms with van der Waals surface area (Å²) < 4.78 is 11.5. The molecule has 0 radical (unpaired) electrons. The van der Waals surface area contributed by atoms with Crippen LogP contribution < -0.4 is 6.15 Å². The number of carboxylic acids is 1. The second-order valence-corrected chi connectivity index (χ2v) is 0.976. The summed E-state index contributed by atoms with van der Waals surface area (Å²) in [7, 11) is 0. The van der Waals surface area contributed by atoms with Crippen molar-refractivity contribution in [1.82, 2.24) is 6.15 Å². The Labute approximate surface area is 46.4 Å². The smallest absolute Gasteiger partial charge is 0.342 e. The topological polar surface area (TPSA) is 72.3 Å². The number of hydrogen-bond acceptors (Lipinski definition) is 2. The Morgan fingerprint density at radius 1 is 1.88 bits per heavy atom. The lowest BCUT2D eigenvalue weighted by Crippen LogP contribution is -2.09. The average Bonchev–Trinajstić information content (AvgIpc) is 1.65. The van der Waals surface area contributed by atoms with Crippen molar-refractivity contribution in [2.75, 3.05) is 0 Å². The van der Waals surface area contributed by atoms with Crippen molar-refractivity contribution in [3.63, 3.8) is 0 Å². The minimum atomic E-state index is -1.92. The van der Waals surface area contributed by atoms with E-state index in [-0.39, 0.29) is 6.15 Å². The van der Waals surface area contributed by atoms with Crippen LogP contribution in [0.5, 0.6) is 0 Å². The molecule has 0 heterocycles. The Balaban J connectivity index is 0. The summed E-state index contributed by atoms with van der Waals surface area (Å²) in [5.41, 5.74) is 0. The van der Waals surface area contributed by atoms with Gasteiger partial charge in [0.15, 0.2) is 0 Å². The molecule has 0 saturated heterocycles. The van der Waals surface area contributed by atoms with E-state index in [1.54, 1.807) is 0 Å². The minimum absolute atomic E-state index is 0. The molecule has 0 aromatic carbocycles. The molecule has 0 aromatic rings. The maximum Gasteiger partial charge on any atom is 0.342 e. The molecule has 1 unspecified atom stereocenters. The van der Waals surface area contributed by atoms with E-state index in [0.29, 0.717) is 0 Å². The molecule has 1 atom stereocenters. The maximum absolute atomic E-state index is 11.5. The van der Waals surface area contributed by atoms with E-state index >= 15 is 0 Å². The molecule has 48 valence electrons. The van der Waals surface area contributed by atoms with Crippen LogP contribution in [0.3, 0.4) is 0 Å². The zero-order chi connectivity index (χ0) is 5.86. The molecular formula is C4H8FNO2. The molecule has 0 fully saturated rings. The Kier molecular flexibility index (Phi) is 5.41. The van der Waals surface area contributed by atoms with Gasteiger partial charge in [0.25, 0.3) is 0 Å². The standard InChI is InChI=1S/C4H5FO2.H3N/c1-2-3(5)4(6)7;/h2-3H,1H2,(H,6,7);1H3. The molecule has 3 nitrogen and oxygen atoms in total. The Morgan fingerprint density at radius 3 is 2.25 bits per heavy atom. The highest BCUT2D eigenvalue weighted by atomic mass is 19.1. The largest absolute Gasteiger partial charge is 0.479 e. The lowest BCUT2D eigenvalue weighted by molar-refractivity contribution is -0.140. The zero-order valence-electron chi connectivity index (χ0n) is 4.30. The Morgan fingerprint density at radius 2 is 2.25 bits per heavy atom. The molecule has 0 rings (SSSR count). The first kappa shape index (κ1) is 10.2. The number of hydrogen-bond donors (Lipinski definition) is 2. The van der Waals surface area contributed by atoms with Gasteiger partial charge in [-0.25, -0.2) is 9.18 Å².